The van der Waals surface area contributed by atoms with Crippen LogP contribution in [0.25, 0.3) is 0 Å². The maximum absolute atomic E-state index is 5.62. The van der Waals surface area contributed by atoms with Crippen LogP contribution < -0.4 is 14.8 Å². The molecule has 1 unspecified atom stereocenters. The van der Waals surface area contributed by atoms with Crippen LogP contribution in [0, 0.1) is 0 Å². The molecule has 0 radical (unpaired) electrons. The second-order valence-corrected chi connectivity index (χ2v) is 4.04. The van der Waals surface area contributed by atoms with Gasteiger partial charge in [0.15, 0.2) is 0 Å². The van der Waals surface area contributed by atoms with E-state index in [1.54, 1.807) is 14.2 Å². The van der Waals surface area contributed by atoms with Gasteiger partial charge in [0, 0.05) is 19.7 Å². The van der Waals surface area contributed by atoms with E-state index in [9.17, 15) is 0 Å². The van der Waals surface area contributed by atoms with Crippen LogP contribution >= 0.6 is 0 Å². The first-order valence-electron chi connectivity index (χ1n) is 6.29. The van der Waals surface area contributed by atoms with Crippen LogP contribution in [0.3, 0.4) is 0 Å². The highest BCUT2D eigenvalue weighted by molar-refractivity contribution is 5.31. The molecule has 0 aliphatic carbocycles. The van der Waals surface area contributed by atoms with Crippen molar-refractivity contribution in [3.8, 4) is 11.5 Å². The van der Waals surface area contributed by atoms with Gasteiger partial charge in [-0.15, -0.1) is 0 Å². The maximum atomic E-state index is 5.62. The summed E-state index contributed by atoms with van der Waals surface area (Å²) in [5.74, 6) is 1.70. The topological polar surface area (TPSA) is 39.7 Å². The fourth-order valence-corrected chi connectivity index (χ4v) is 1.63. The molecule has 0 spiro atoms. The number of rotatable bonds is 9. The van der Waals surface area contributed by atoms with Gasteiger partial charge < -0.3 is 19.5 Å². The van der Waals surface area contributed by atoms with Crippen LogP contribution in [-0.4, -0.2) is 40.0 Å². The number of nitrogens with one attached hydrogen (secondary N) is 1. The van der Waals surface area contributed by atoms with Gasteiger partial charge in [-0.1, -0.05) is 6.92 Å². The fourth-order valence-electron chi connectivity index (χ4n) is 1.63. The molecule has 1 N–H and O–H groups in total. The van der Waals surface area contributed by atoms with Crippen LogP contribution in [0.5, 0.6) is 11.5 Å². The van der Waals surface area contributed by atoms with E-state index in [1.165, 1.54) is 0 Å². The standard InChI is InChI=1S/C14H23NO3/c1-4-12(11-16-2)15-9-10-18-14-7-5-13(17-3)6-8-14/h5-8,12,15H,4,9-11H2,1-3H3. The molecule has 0 aliphatic heterocycles. The summed E-state index contributed by atoms with van der Waals surface area (Å²) in [5.41, 5.74) is 0. The first-order chi connectivity index (χ1) is 8.80. The third-order valence-electron chi connectivity index (χ3n) is 2.72. The van der Waals surface area contributed by atoms with Crippen LogP contribution in [-0.2, 0) is 4.74 Å². The molecule has 0 fully saturated rings. The number of hydrogen-bond donors (Lipinski definition) is 1. The smallest absolute Gasteiger partial charge is 0.119 e. The Kier molecular flexibility index (Phi) is 7.22. The third kappa shape index (κ3) is 5.38. The Labute approximate surface area is 109 Å². The van der Waals surface area contributed by atoms with Crippen molar-refractivity contribution in [3.63, 3.8) is 0 Å². The molecular weight excluding hydrogens is 230 g/mol. The van der Waals surface area contributed by atoms with E-state index in [0.717, 1.165) is 31.1 Å². The highest BCUT2D eigenvalue weighted by atomic mass is 16.5. The number of benzene rings is 1. The fraction of sp³-hybridized carbons (Fsp3) is 0.571. The van der Waals surface area contributed by atoms with Gasteiger partial charge in [-0.25, -0.2) is 0 Å². The molecule has 4 nitrogen and oxygen atoms in total. The molecule has 1 aromatic carbocycles. The predicted octanol–water partition coefficient (Wildman–Crippen LogP) is 2.09. The van der Waals surface area contributed by atoms with E-state index in [0.29, 0.717) is 12.6 Å². The third-order valence-corrected chi connectivity index (χ3v) is 2.72. The summed E-state index contributed by atoms with van der Waals surface area (Å²) in [6.45, 7) is 4.33. The lowest BCUT2D eigenvalue weighted by Crippen LogP contribution is -2.35. The zero-order chi connectivity index (χ0) is 13.2. The van der Waals surface area contributed by atoms with Gasteiger partial charge in [-0.3, -0.25) is 0 Å². The minimum atomic E-state index is 0.398. The average molecular weight is 253 g/mol. The Hall–Kier alpha value is -1.26. The molecule has 0 aliphatic rings. The molecule has 102 valence electrons. The molecule has 1 atom stereocenters. The number of methoxy groups -OCH3 is 2. The average Bonchev–Trinajstić information content (AvgIpc) is 2.43. The molecule has 4 heteroatoms. The zero-order valence-corrected chi connectivity index (χ0v) is 11.4. The van der Waals surface area contributed by atoms with Gasteiger partial charge in [0.25, 0.3) is 0 Å². The Morgan fingerprint density at radius 3 is 2.33 bits per heavy atom. The van der Waals surface area contributed by atoms with Crippen LogP contribution in [0.4, 0.5) is 0 Å². The van der Waals surface area contributed by atoms with Crippen LogP contribution in [0.15, 0.2) is 24.3 Å². The van der Waals surface area contributed by atoms with Crippen molar-refractivity contribution < 1.29 is 14.2 Å². The van der Waals surface area contributed by atoms with Crippen LogP contribution in [0.2, 0.25) is 0 Å². The highest BCUT2D eigenvalue weighted by Crippen LogP contribution is 2.16. The van der Waals surface area contributed by atoms with Crippen LogP contribution in [0.1, 0.15) is 13.3 Å². The van der Waals surface area contributed by atoms with Gasteiger partial charge in [-0.2, -0.15) is 0 Å². The minimum absolute atomic E-state index is 0.398. The molecule has 1 aromatic rings. The van der Waals surface area contributed by atoms with Gasteiger partial charge in [0.2, 0.25) is 0 Å². The highest BCUT2D eigenvalue weighted by Gasteiger charge is 2.03. The van der Waals surface area contributed by atoms with Crippen molar-refractivity contribution in [2.45, 2.75) is 19.4 Å². The monoisotopic (exact) mass is 253 g/mol. The largest absolute Gasteiger partial charge is 0.497 e. The zero-order valence-electron chi connectivity index (χ0n) is 11.4. The molecular formula is C14H23NO3. The van der Waals surface area contributed by atoms with E-state index in [4.69, 9.17) is 14.2 Å². The van der Waals surface area contributed by atoms with Gasteiger partial charge in [0.1, 0.15) is 18.1 Å². The van der Waals surface area contributed by atoms with E-state index in [-0.39, 0.29) is 0 Å². The van der Waals surface area contributed by atoms with Crippen molar-refractivity contribution in [1.29, 1.82) is 0 Å². The molecule has 18 heavy (non-hydrogen) atoms. The summed E-state index contributed by atoms with van der Waals surface area (Å²) in [6.07, 6.45) is 1.05. The van der Waals surface area contributed by atoms with Gasteiger partial charge >= 0.3 is 0 Å². The Bertz CT molecular complexity index is 313. The summed E-state index contributed by atoms with van der Waals surface area (Å²) in [4.78, 5) is 0. The first kappa shape index (κ1) is 14.8. The van der Waals surface area contributed by atoms with Crippen molar-refractivity contribution in [2.75, 3.05) is 34.0 Å². The number of hydrogen-bond acceptors (Lipinski definition) is 4. The van der Waals surface area contributed by atoms with Gasteiger partial charge in [-0.05, 0) is 30.7 Å². The van der Waals surface area contributed by atoms with Crippen molar-refractivity contribution >= 4 is 0 Å². The van der Waals surface area contributed by atoms with Crippen molar-refractivity contribution in [3.05, 3.63) is 24.3 Å². The summed E-state index contributed by atoms with van der Waals surface area (Å²) in [7, 11) is 3.37. The Balaban J connectivity index is 2.20. The minimum Gasteiger partial charge on any atom is -0.497 e. The quantitative estimate of drug-likeness (QED) is 0.684. The molecule has 0 bridgehead atoms. The van der Waals surface area contributed by atoms with E-state index >= 15 is 0 Å². The lowest BCUT2D eigenvalue weighted by Gasteiger charge is -2.16. The van der Waals surface area contributed by atoms with Crippen molar-refractivity contribution in [1.82, 2.24) is 5.32 Å². The SMILES string of the molecule is CCC(COC)NCCOc1ccc(OC)cc1. The maximum Gasteiger partial charge on any atom is 0.119 e. The molecule has 0 amide bonds. The Morgan fingerprint density at radius 2 is 1.78 bits per heavy atom. The second kappa shape index (κ2) is 8.78. The molecule has 0 aromatic heterocycles. The van der Waals surface area contributed by atoms with E-state index in [2.05, 4.69) is 12.2 Å². The normalized spacial score (nSPS) is 12.2. The lowest BCUT2D eigenvalue weighted by molar-refractivity contribution is 0.161. The molecule has 0 heterocycles. The molecule has 1 rings (SSSR count). The Morgan fingerprint density at radius 1 is 1.11 bits per heavy atom. The summed E-state index contributed by atoms with van der Waals surface area (Å²) in [6, 6.07) is 8.00. The van der Waals surface area contributed by atoms with Gasteiger partial charge in [0.05, 0.1) is 13.7 Å². The number of ether oxygens (including phenoxy) is 3. The molecule has 0 saturated heterocycles. The summed E-state index contributed by atoms with van der Waals surface area (Å²) < 4.78 is 15.8. The van der Waals surface area contributed by atoms with E-state index < -0.39 is 0 Å². The lowest BCUT2D eigenvalue weighted by atomic mass is 10.2. The second-order valence-electron chi connectivity index (χ2n) is 4.04. The van der Waals surface area contributed by atoms with E-state index in [1.807, 2.05) is 24.3 Å². The predicted molar refractivity (Wildman–Crippen MR) is 72.4 cm³/mol. The molecule has 0 saturated carbocycles. The summed E-state index contributed by atoms with van der Waals surface area (Å²) >= 11 is 0. The first-order valence-corrected chi connectivity index (χ1v) is 6.29. The summed E-state index contributed by atoms with van der Waals surface area (Å²) in [5, 5.41) is 3.39. The van der Waals surface area contributed by atoms with Crippen molar-refractivity contribution in [2.24, 2.45) is 0 Å².